The van der Waals surface area contributed by atoms with Gasteiger partial charge in [0.25, 0.3) is 5.56 Å². The molecule has 0 unspecified atom stereocenters. The number of benzene rings is 2. The van der Waals surface area contributed by atoms with Crippen molar-refractivity contribution in [2.24, 2.45) is 0 Å². The van der Waals surface area contributed by atoms with Gasteiger partial charge in [-0.15, -0.1) is 0 Å². The Bertz CT molecular complexity index is 1030. The van der Waals surface area contributed by atoms with Crippen LogP contribution in [-0.4, -0.2) is 27.7 Å². The monoisotopic (exact) mass is 312 g/mol. The van der Waals surface area contributed by atoms with E-state index in [0.717, 1.165) is 4.57 Å². The minimum absolute atomic E-state index is 0.0115. The molecule has 0 fully saturated rings. The molecule has 0 aliphatic rings. The maximum atomic E-state index is 12.6. The van der Waals surface area contributed by atoms with Crippen molar-refractivity contribution in [2.45, 2.75) is 0 Å². The molecular formula is C16H12N2O5. The number of para-hydroxylation sites is 2. The van der Waals surface area contributed by atoms with Gasteiger partial charge in [-0.05, 0) is 30.3 Å². The summed E-state index contributed by atoms with van der Waals surface area (Å²) in [6.45, 7) is 0. The molecule has 2 N–H and O–H groups in total. The fourth-order valence-corrected chi connectivity index (χ4v) is 2.38. The lowest BCUT2D eigenvalue weighted by Crippen LogP contribution is -2.33. The summed E-state index contributed by atoms with van der Waals surface area (Å²) in [5.74, 6) is -0.761. The smallest absolute Gasteiger partial charge is 0.335 e. The zero-order valence-electron chi connectivity index (χ0n) is 12.1. The zero-order chi connectivity index (χ0) is 16.6. The molecule has 0 atom stereocenters. The Morgan fingerprint density at radius 2 is 1.91 bits per heavy atom. The summed E-state index contributed by atoms with van der Waals surface area (Å²) in [6.07, 6.45) is 0. The van der Waals surface area contributed by atoms with E-state index in [-0.39, 0.29) is 16.5 Å². The van der Waals surface area contributed by atoms with Gasteiger partial charge < -0.3 is 14.8 Å². The Hall–Kier alpha value is -3.35. The van der Waals surface area contributed by atoms with Crippen LogP contribution in [0.4, 0.5) is 0 Å². The molecule has 2 aromatic carbocycles. The number of carbonyl (C=O) groups is 1. The molecule has 7 nitrogen and oxygen atoms in total. The molecule has 1 heterocycles. The number of hydrogen-bond acceptors (Lipinski definition) is 4. The van der Waals surface area contributed by atoms with Crippen molar-refractivity contribution >= 4 is 16.9 Å². The van der Waals surface area contributed by atoms with Gasteiger partial charge in [-0.25, -0.2) is 14.2 Å². The number of methoxy groups -OCH3 is 1. The van der Waals surface area contributed by atoms with Crippen molar-refractivity contribution in [2.75, 3.05) is 7.11 Å². The predicted octanol–water partition coefficient (Wildman–Crippen LogP) is 1.39. The standard InChI is InChI=1S/C16H12N2O5/c1-23-13-5-3-2-4-12(13)18-14(19)10-7-6-9(15(20)21)8-11(10)17-16(18)22/h2-8H,1H3,(H,17,22)(H,20,21). The van der Waals surface area contributed by atoms with E-state index in [1.165, 1.54) is 25.3 Å². The van der Waals surface area contributed by atoms with Gasteiger partial charge in [0.05, 0.1) is 29.3 Å². The quantitative estimate of drug-likeness (QED) is 0.761. The van der Waals surface area contributed by atoms with E-state index in [1.807, 2.05) is 0 Å². The van der Waals surface area contributed by atoms with E-state index in [9.17, 15) is 14.4 Å². The lowest BCUT2D eigenvalue weighted by Gasteiger charge is -2.10. The van der Waals surface area contributed by atoms with Gasteiger partial charge in [0.15, 0.2) is 0 Å². The fraction of sp³-hybridized carbons (Fsp3) is 0.0625. The molecule has 0 amide bonds. The molecule has 23 heavy (non-hydrogen) atoms. The summed E-state index contributed by atoms with van der Waals surface area (Å²) < 4.78 is 6.14. The first-order chi connectivity index (χ1) is 11.0. The van der Waals surface area contributed by atoms with E-state index in [1.54, 1.807) is 24.3 Å². The molecule has 7 heteroatoms. The Labute approximate surface area is 129 Å². The molecule has 0 spiro atoms. The molecule has 0 aliphatic carbocycles. The van der Waals surface area contributed by atoms with Crippen LogP contribution in [0.2, 0.25) is 0 Å². The Morgan fingerprint density at radius 1 is 1.17 bits per heavy atom. The second-order valence-electron chi connectivity index (χ2n) is 4.81. The first kappa shape index (κ1) is 14.6. The molecule has 0 bridgehead atoms. The van der Waals surface area contributed by atoms with Crippen molar-refractivity contribution in [1.29, 1.82) is 0 Å². The highest BCUT2D eigenvalue weighted by molar-refractivity contribution is 5.92. The van der Waals surface area contributed by atoms with Crippen LogP contribution in [0, 0.1) is 0 Å². The number of carboxylic acids is 1. The van der Waals surface area contributed by atoms with Crippen LogP contribution >= 0.6 is 0 Å². The Balaban J connectivity index is 2.36. The number of aromatic nitrogens is 2. The Morgan fingerprint density at radius 3 is 2.61 bits per heavy atom. The number of H-pyrrole nitrogens is 1. The summed E-state index contributed by atoms with van der Waals surface area (Å²) in [7, 11) is 1.44. The number of nitrogens with one attached hydrogen (secondary N) is 1. The van der Waals surface area contributed by atoms with Gasteiger partial charge in [0.2, 0.25) is 0 Å². The predicted molar refractivity (Wildman–Crippen MR) is 83.7 cm³/mol. The fourth-order valence-electron chi connectivity index (χ4n) is 2.38. The van der Waals surface area contributed by atoms with E-state index in [4.69, 9.17) is 9.84 Å². The minimum Gasteiger partial charge on any atom is -0.495 e. The van der Waals surface area contributed by atoms with Crippen molar-refractivity contribution in [3.63, 3.8) is 0 Å². The van der Waals surface area contributed by atoms with Gasteiger partial charge in [0, 0.05) is 0 Å². The van der Waals surface area contributed by atoms with Crippen LogP contribution in [0.1, 0.15) is 10.4 Å². The molecule has 116 valence electrons. The number of nitrogens with zero attached hydrogens (tertiary/aromatic N) is 1. The molecule has 3 rings (SSSR count). The van der Waals surface area contributed by atoms with E-state index < -0.39 is 17.2 Å². The third-order valence-electron chi connectivity index (χ3n) is 3.47. The third kappa shape index (κ3) is 2.38. The van der Waals surface area contributed by atoms with Gasteiger partial charge in [-0.1, -0.05) is 12.1 Å². The average molecular weight is 312 g/mol. The first-order valence-electron chi connectivity index (χ1n) is 6.68. The molecule has 0 saturated carbocycles. The van der Waals surface area contributed by atoms with Gasteiger partial charge in [-0.2, -0.15) is 0 Å². The highest BCUT2D eigenvalue weighted by atomic mass is 16.5. The lowest BCUT2D eigenvalue weighted by atomic mass is 10.1. The van der Waals surface area contributed by atoms with Crippen LogP contribution in [0.3, 0.4) is 0 Å². The minimum atomic E-state index is -1.14. The second kappa shape index (κ2) is 5.45. The summed E-state index contributed by atoms with van der Waals surface area (Å²) in [6, 6.07) is 10.6. The maximum Gasteiger partial charge on any atom is 0.335 e. The summed E-state index contributed by atoms with van der Waals surface area (Å²) in [5.41, 5.74) is -0.751. The third-order valence-corrected chi connectivity index (χ3v) is 3.47. The van der Waals surface area contributed by atoms with Crippen LogP contribution < -0.4 is 16.0 Å². The molecule has 0 radical (unpaired) electrons. The number of hydrogen-bond donors (Lipinski definition) is 2. The van der Waals surface area contributed by atoms with Crippen molar-refractivity contribution in [3.8, 4) is 11.4 Å². The SMILES string of the molecule is COc1ccccc1-n1c(=O)[nH]c2cc(C(=O)O)ccc2c1=O. The molecule has 3 aromatic rings. The van der Waals surface area contributed by atoms with Crippen LogP contribution in [0.5, 0.6) is 5.75 Å². The van der Waals surface area contributed by atoms with Crippen LogP contribution in [-0.2, 0) is 0 Å². The maximum absolute atomic E-state index is 12.6. The Kier molecular flexibility index (Phi) is 3.46. The summed E-state index contributed by atoms with van der Waals surface area (Å²) in [4.78, 5) is 38.5. The zero-order valence-corrected chi connectivity index (χ0v) is 12.1. The van der Waals surface area contributed by atoms with Crippen LogP contribution in [0.25, 0.3) is 16.6 Å². The molecule has 0 saturated heterocycles. The van der Waals surface area contributed by atoms with Crippen molar-refractivity contribution in [1.82, 2.24) is 9.55 Å². The molecular weight excluding hydrogens is 300 g/mol. The highest BCUT2D eigenvalue weighted by Crippen LogP contribution is 2.20. The number of aromatic amines is 1. The molecule has 1 aromatic heterocycles. The number of carboxylic acid groups (broad SMARTS) is 1. The number of ether oxygens (including phenoxy) is 1. The average Bonchev–Trinajstić information content (AvgIpc) is 2.54. The summed E-state index contributed by atoms with van der Waals surface area (Å²) in [5, 5.41) is 9.20. The van der Waals surface area contributed by atoms with E-state index >= 15 is 0 Å². The molecule has 0 aliphatic heterocycles. The van der Waals surface area contributed by atoms with Crippen molar-refractivity contribution in [3.05, 3.63) is 68.9 Å². The van der Waals surface area contributed by atoms with E-state index in [2.05, 4.69) is 4.98 Å². The highest BCUT2D eigenvalue weighted by Gasteiger charge is 2.14. The number of aromatic carboxylic acids is 1. The van der Waals surface area contributed by atoms with Gasteiger partial charge in [-0.3, -0.25) is 4.79 Å². The number of rotatable bonds is 3. The normalized spacial score (nSPS) is 10.7. The van der Waals surface area contributed by atoms with Crippen LogP contribution in [0.15, 0.2) is 52.1 Å². The number of fused-ring (bicyclic) bond motifs is 1. The topological polar surface area (TPSA) is 101 Å². The van der Waals surface area contributed by atoms with E-state index in [0.29, 0.717) is 11.4 Å². The lowest BCUT2D eigenvalue weighted by molar-refractivity contribution is 0.0697. The summed E-state index contributed by atoms with van der Waals surface area (Å²) >= 11 is 0. The van der Waals surface area contributed by atoms with Gasteiger partial charge >= 0.3 is 11.7 Å². The second-order valence-corrected chi connectivity index (χ2v) is 4.81. The first-order valence-corrected chi connectivity index (χ1v) is 6.68. The van der Waals surface area contributed by atoms with Crippen molar-refractivity contribution < 1.29 is 14.6 Å². The largest absolute Gasteiger partial charge is 0.495 e. The van der Waals surface area contributed by atoms with Gasteiger partial charge in [0.1, 0.15) is 5.75 Å².